The van der Waals surface area contributed by atoms with Crippen LogP contribution in [-0.2, 0) is 0 Å². The van der Waals surface area contributed by atoms with Gasteiger partial charge in [0.25, 0.3) is 0 Å². The van der Waals surface area contributed by atoms with Gasteiger partial charge < -0.3 is 10.8 Å². The minimum atomic E-state index is -0.399. The van der Waals surface area contributed by atoms with Crippen LogP contribution in [0.4, 0.5) is 0 Å². The van der Waals surface area contributed by atoms with Gasteiger partial charge in [-0.25, -0.2) is 0 Å². The molecule has 2 rings (SSSR count). The van der Waals surface area contributed by atoms with Crippen molar-refractivity contribution < 1.29 is 5.11 Å². The Morgan fingerprint density at radius 2 is 1.94 bits per heavy atom. The van der Waals surface area contributed by atoms with E-state index in [2.05, 4.69) is 43.0 Å². The maximum Gasteiger partial charge on any atom is 0.0818 e. The Morgan fingerprint density at radius 1 is 1.28 bits per heavy atom. The molecule has 1 fully saturated rings. The van der Waals surface area contributed by atoms with Crippen LogP contribution in [0.2, 0.25) is 0 Å². The molecule has 0 radical (unpaired) electrons. The topological polar surface area (TPSA) is 49.5 Å². The smallest absolute Gasteiger partial charge is 0.0818 e. The van der Waals surface area contributed by atoms with Crippen molar-refractivity contribution in [2.24, 2.45) is 11.7 Å². The second-order valence-corrected chi connectivity index (χ2v) is 5.61. The number of aliphatic hydroxyl groups is 1. The lowest BCUT2D eigenvalue weighted by molar-refractivity contribution is 0.0199. The number of β-amino-alcohol motifs (C(OH)–C–C–N with tert-alkyl or cyclic N) is 1. The van der Waals surface area contributed by atoms with Gasteiger partial charge in [0.1, 0.15) is 0 Å². The van der Waals surface area contributed by atoms with Crippen molar-refractivity contribution in [1.29, 1.82) is 0 Å². The van der Waals surface area contributed by atoms with Gasteiger partial charge in [0.05, 0.1) is 6.10 Å². The van der Waals surface area contributed by atoms with E-state index in [1.165, 1.54) is 5.56 Å². The Hall–Kier alpha value is -0.900. The first-order valence-corrected chi connectivity index (χ1v) is 6.82. The summed E-state index contributed by atoms with van der Waals surface area (Å²) in [7, 11) is 0. The Balaban J connectivity index is 2.16. The molecule has 0 bridgehead atoms. The van der Waals surface area contributed by atoms with Gasteiger partial charge in [-0.2, -0.15) is 0 Å². The molecule has 3 N–H and O–H groups in total. The Labute approximate surface area is 110 Å². The van der Waals surface area contributed by atoms with Crippen LogP contribution in [0.3, 0.4) is 0 Å². The van der Waals surface area contributed by atoms with E-state index >= 15 is 0 Å². The summed E-state index contributed by atoms with van der Waals surface area (Å²) in [5, 5.41) is 9.96. The number of likely N-dealkylation sites (tertiary alicyclic amines) is 1. The lowest BCUT2D eigenvalue weighted by Crippen LogP contribution is -2.52. The minimum absolute atomic E-state index is 0.0650. The van der Waals surface area contributed by atoms with Crippen LogP contribution >= 0.6 is 0 Å². The van der Waals surface area contributed by atoms with Gasteiger partial charge >= 0.3 is 0 Å². The summed E-state index contributed by atoms with van der Waals surface area (Å²) in [6.45, 7) is 6.12. The molecule has 3 heteroatoms. The molecule has 1 aromatic carbocycles. The van der Waals surface area contributed by atoms with Crippen LogP contribution < -0.4 is 5.73 Å². The monoisotopic (exact) mass is 248 g/mol. The first-order valence-electron chi connectivity index (χ1n) is 6.82. The minimum Gasteiger partial charge on any atom is -0.390 e. The van der Waals surface area contributed by atoms with Gasteiger partial charge in [-0.1, -0.05) is 44.2 Å². The summed E-state index contributed by atoms with van der Waals surface area (Å²) in [6, 6.07) is 10.9. The zero-order valence-corrected chi connectivity index (χ0v) is 11.3. The zero-order valence-electron chi connectivity index (χ0n) is 11.3. The van der Waals surface area contributed by atoms with Gasteiger partial charge in [-0.3, -0.25) is 4.90 Å². The highest BCUT2D eigenvalue weighted by Crippen LogP contribution is 2.30. The van der Waals surface area contributed by atoms with Crippen LogP contribution in [0.15, 0.2) is 30.3 Å². The highest BCUT2D eigenvalue weighted by atomic mass is 16.3. The molecule has 0 saturated carbocycles. The molecular weight excluding hydrogens is 224 g/mol. The SMILES string of the molecule is CC(C)C(c1ccccc1)N1CC[C@@H](N)[C@H](O)C1. The number of nitrogens with two attached hydrogens (primary N) is 1. The number of piperidine rings is 1. The lowest BCUT2D eigenvalue weighted by Gasteiger charge is -2.41. The molecule has 3 nitrogen and oxygen atoms in total. The summed E-state index contributed by atoms with van der Waals surface area (Å²) in [5.41, 5.74) is 7.21. The first kappa shape index (κ1) is 13.5. The van der Waals surface area contributed by atoms with Gasteiger partial charge in [0.2, 0.25) is 0 Å². The molecule has 3 atom stereocenters. The molecule has 0 aliphatic carbocycles. The summed E-state index contributed by atoms with van der Waals surface area (Å²) in [6.07, 6.45) is 0.473. The highest BCUT2D eigenvalue weighted by molar-refractivity contribution is 5.20. The van der Waals surface area contributed by atoms with Crippen molar-refractivity contribution in [2.75, 3.05) is 13.1 Å². The van der Waals surface area contributed by atoms with Crippen LogP contribution in [-0.4, -0.2) is 35.2 Å². The Bertz CT molecular complexity index is 366. The quantitative estimate of drug-likeness (QED) is 0.857. The van der Waals surface area contributed by atoms with Crippen LogP contribution in [0.25, 0.3) is 0 Å². The van der Waals surface area contributed by atoms with Crippen molar-refractivity contribution in [3.63, 3.8) is 0 Å². The number of benzene rings is 1. The van der Waals surface area contributed by atoms with E-state index < -0.39 is 6.10 Å². The summed E-state index contributed by atoms with van der Waals surface area (Å²) >= 11 is 0. The predicted molar refractivity (Wildman–Crippen MR) is 74.2 cm³/mol. The first-order chi connectivity index (χ1) is 8.59. The van der Waals surface area contributed by atoms with Gasteiger partial charge in [-0.15, -0.1) is 0 Å². The van der Waals surface area contributed by atoms with E-state index in [0.29, 0.717) is 18.5 Å². The van der Waals surface area contributed by atoms with E-state index in [9.17, 15) is 5.11 Å². The van der Waals surface area contributed by atoms with E-state index in [4.69, 9.17) is 5.73 Å². The fraction of sp³-hybridized carbons (Fsp3) is 0.600. The van der Waals surface area contributed by atoms with E-state index in [0.717, 1.165) is 13.0 Å². The molecule has 100 valence electrons. The average molecular weight is 248 g/mol. The molecule has 0 spiro atoms. The number of hydrogen-bond donors (Lipinski definition) is 2. The molecule has 1 saturated heterocycles. The summed E-state index contributed by atoms with van der Waals surface area (Å²) in [4.78, 5) is 2.37. The van der Waals surface area contributed by atoms with Crippen molar-refractivity contribution in [1.82, 2.24) is 4.90 Å². The number of hydrogen-bond acceptors (Lipinski definition) is 3. The highest BCUT2D eigenvalue weighted by Gasteiger charge is 2.31. The lowest BCUT2D eigenvalue weighted by atomic mass is 9.91. The number of aliphatic hydroxyl groups excluding tert-OH is 1. The van der Waals surface area contributed by atoms with E-state index in [-0.39, 0.29) is 6.04 Å². The molecule has 1 aliphatic heterocycles. The predicted octanol–water partition coefficient (Wildman–Crippen LogP) is 1.78. The standard InChI is InChI=1S/C15H24N2O/c1-11(2)15(12-6-4-3-5-7-12)17-9-8-13(16)14(18)10-17/h3-7,11,13-15,18H,8-10,16H2,1-2H3/t13-,14-,15?/m1/s1. The fourth-order valence-electron chi connectivity index (χ4n) is 2.89. The fourth-order valence-corrected chi connectivity index (χ4v) is 2.89. The Morgan fingerprint density at radius 3 is 2.50 bits per heavy atom. The van der Waals surface area contributed by atoms with Gasteiger partial charge in [0, 0.05) is 25.2 Å². The largest absolute Gasteiger partial charge is 0.390 e. The molecule has 1 aromatic rings. The third-order valence-corrected chi connectivity index (χ3v) is 3.83. The molecule has 1 heterocycles. The third kappa shape index (κ3) is 2.91. The van der Waals surface area contributed by atoms with Crippen molar-refractivity contribution in [3.05, 3.63) is 35.9 Å². The van der Waals surface area contributed by atoms with Crippen LogP contribution in [0, 0.1) is 5.92 Å². The molecule has 18 heavy (non-hydrogen) atoms. The maximum atomic E-state index is 9.96. The molecular formula is C15H24N2O. The van der Waals surface area contributed by atoms with Gasteiger partial charge in [0.15, 0.2) is 0 Å². The van der Waals surface area contributed by atoms with E-state index in [1.54, 1.807) is 0 Å². The van der Waals surface area contributed by atoms with Crippen molar-refractivity contribution in [3.8, 4) is 0 Å². The van der Waals surface area contributed by atoms with Crippen LogP contribution in [0.5, 0.6) is 0 Å². The second kappa shape index (κ2) is 5.83. The molecule has 0 amide bonds. The van der Waals surface area contributed by atoms with Crippen molar-refractivity contribution in [2.45, 2.75) is 38.5 Å². The second-order valence-electron chi connectivity index (χ2n) is 5.61. The van der Waals surface area contributed by atoms with Crippen molar-refractivity contribution >= 4 is 0 Å². The maximum absolute atomic E-state index is 9.96. The molecule has 1 unspecified atom stereocenters. The summed E-state index contributed by atoms with van der Waals surface area (Å²) in [5.74, 6) is 0.522. The molecule has 0 aromatic heterocycles. The third-order valence-electron chi connectivity index (χ3n) is 3.83. The summed E-state index contributed by atoms with van der Waals surface area (Å²) < 4.78 is 0. The number of rotatable bonds is 3. The van der Waals surface area contributed by atoms with Gasteiger partial charge in [-0.05, 0) is 17.9 Å². The normalized spacial score (nSPS) is 27.4. The average Bonchev–Trinajstić information content (AvgIpc) is 2.35. The molecule has 1 aliphatic rings. The number of nitrogens with zero attached hydrogens (tertiary/aromatic N) is 1. The zero-order chi connectivity index (χ0) is 13.1. The Kier molecular flexibility index (Phi) is 4.38. The van der Waals surface area contributed by atoms with E-state index in [1.807, 2.05) is 6.07 Å². The van der Waals surface area contributed by atoms with Crippen LogP contribution in [0.1, 0.15) is 31.9 Å².